The van der Waals surface area contributed by atoms with E-state index in [9.17, 15) is 4.79 Å². The zero-order valence-electron chi connectivity index (χ0n) is 11.2. The summed E-state index contributed by atoms with van der Waals surface area (Å²) in [5, 5.41) is 5.25. The van der Waals surface area contributed by atoms with Gasteiger partial charge in [-0.15, -0.1) is 11.3 Å². The molecule has 5 heteroatoms. The molecule has 1 aliphatic heterocycles. The summed E-state index contributed by atoms with van der Waals surface area (Å²) >= 11 is 1.65. The van der Waals surface area contributed by atoms with Crippen LogP contribution < -0.4 is 10.1 Å². The minimum absolute atomic E-state index is 0.000373. The SMILES string of the molecule is CN(Cc1cccs1)C(=O)C1CNc2ccccc2O1. The molecule has 0 radical (unpaired) electrons. The summed E-state index contributed by atoms with van der Waals surface area (Å²) in [6.45, 7) is 1.13. The van der Waals surface area contributed by atoms with Gasteiger partial charge in [0.2, 0.25) is 0 Å². The second-order valence-electron chi connectivity index (χ2n) is 4.76. The minimum atomic E-state index is -0.463. The van der Waals surface area contributed by atoms with Crippen molar-refractivity contribution in [1.29, 1.82) is 0 Å². The highest BCUT2D eigenvalue weighted by Crippen LogP contribution is 2.28. The van der Waals surface area contributed by atoms with Crippen LogP contribution in [0.15, 0.2) is 41.8 Å². The van der Waals surface area contributed by atoms with E-state index in [1.807, 2.05) is 48.8 Å². The maximum atomic E-state index is 12.4. The van der Waals surface area contributed by atoms with E-state index in [-0.39, 0.29) is 5.91 Å². The van der Waals surface area contributed by atoms with E-state index in [0.29, 0.717) is 13.1 Å². The summed E-state index contributed by atoms with van der Waals surface area (Å²) in [6.07, 6.45) is -0.463. The van der Waals surface area contributed by atoms with E-state index in [1.54, 1.807) is 16.2 Å². The molecule has 20 heavy (non-hydrogen) atoms. The Morgan fingerprint density at radius 1 is 1.40 bits per heavy atom. The fraction of sp³-hybridized carbons (Fsp3) is 0.267. The van der Waals surface area contributed by atoms with Crippen LogP contribution in [-0.2, 0) is 11.3 Å². The third-order valence-electron chi connectivity index (χ3n) is 3.26. The first-order valence-corrected chi connectivity index (χ1v) is 7.39. The van der Waals surface area contributed by atoms with Crippen LogP contribution in [0.25, 0.3) is 0 Å². The second kappa shape index (κ2) is 5.54. The number of nitrogens with one attached hydrogen (secondary N) is 1. The average Bonchev–Trinajstić information content (AvgIpc) is 2.99. The van der Waals surface area contributed by atoms with Crippen molar-refractivity contribution >= 4 is 22.9 Å². The number of fused-ring (bicyclic) bond motifs is 1. The normalized spacial score (nSPS) is 16.8. The highest BCUT2D eigenvalue weighted by atomic mass is 32.1. The number of ether oxygens (including phenoxy) is 1. The zero-order chi connectivity index (χ0) is 13.9. The Bertz CT molecular complexity index is 598. The Morgan fingerprint density at radius 3 is 3.05 bits per heavy atom. The number of hydrogen-bond acceptors (Lipinski definition) is 4. The number of benzene rings is 1. The number of anilines is 1. The van der Waals surface area contributed by atoms with E-state index in [1.165, 1.54) is 4.88 Å². The Labute approximate surface area is 122 Å². The molecule has 0 bridgehead atoms. The zero-order valence-corrected chi connectivity index (χ0v) is 12.0. The number of rotatable bonds is 3. The van der Waals surface area contributed by atoms with Gasteiger partial charge >= 0.3 is 0 Å². The van der Waals surface area contributed by atoms with E-state index < -0.39 is 6.10 Å². The van der Waals surface area contributed by atoms with E-state index in [0.717, 1.165) is 11.4 Å². The molecular weight excluding hydrogens is 272 g/mol. The molecule has 0 saturated heterocycles. The average molecular weight is 288 g/mol. The summed E-state index contributed by atoms with van der Waals surface area (Å²) in [6, 6.07) is 11.7. The van der Waals surface area contributed by atoms with Crippen molar-refractivity contribution in [3.63, 3.8) is 0 Å². The largest absolute Gasteiger partial charge is 0.477 e. The third kappa shape index (κ3) is 2.63. The highest BCUT2D eigenvalue weighted by molar-refractivity contribution is 7.09. The number of carbonyl (C=O) groups is 1. The van der Waals surface area contributed by atoms with Gasteiger partial charge in [0, 0.05) is 11.9 Å². The molecule has 2 aromatic rings. The molecule has 0 fully saturated rings. The van der Waals surface area contributed by atoms with Crippen molar-refractivity contribution in [2.45, 2.75) is 12.6 Å². The smallest absolute Gasteiger partial charge is 0.265 e. The summed E-state index contributed by atoms with van der Waals surface area (Å²) in [5.41, 5.74) is 0.942. The van der Waals surface area contributed by atoms with Crippen molar-refractivity contribution in [2.24, 2.45) is 0 Å². The van der Waals surface area contributed by atoms with Crippen molar-refractivity contribution in [2.75, 3.05) is 18.9 Å². The molecule has 2 heterocycles. The fourth-order valence-corrected chi connectivity index (χ4v) is 2.97. The van der Waals surface area contributed by atoms with Gasteiger partial charge in [-0.25, -0.2) is 0 Å². The van der Waals surface area contributed by atoms with Crippen LogP contribution in [0.5, 0.6) is 5.75 Å². The van der Waals surface area contributed by atoms with Crippen LogP contribution in [0.3, 0.4) is 0 Å². The number of likely N-dealkylation sites (N-methyl/N-ethyl adjacent to an activating group) is 1. The molecule has 3 rings (SSSR count). The lowest BCUT2D eigenvalue weighted by atomic mass is 10.2. The number of thiophene rings is 1. The first-order valence-electron chi connectivity index (χ1n) is 6.51. The van der Waals surface area contributed by atoms with Gasteiger partial charge in [-0.1, -0.05) is 18.2 Å². The van der Waals surface area contributed by atoms with E-state index >= 15 is 0 Å². The van der Waals surface area contributed by atoms with Crippen LogP contribution in [0.1, 0.15) is 4.88 Å². The Kier molecular flexibility index (Phi) is 3.60. The minimum Gasteiger partial charge on any atom is -0.477 e. The highest BCUT2D eigenvalue weighted by Gasteiger charge is 2.28. The number of hydrogen-bond donors (Lipinski definition) is 1. The molecule has 1 atom stereocenters. The van der Waals surface area contributed by atoms with E-state index in [2.05, 4.69) is 5.32 Å². The molecule has 1 unspecified atom stereocenters. The van der Waals surface area contributed by atoms with Crippen molar-refractivity contribution < 1.29 is 9.53 Å². The maximum Gasteiger partial charge on any atom is 0.265 e. The summed E-state index contributed by atoms with van der Waals surface area (Å²) in [5.74, 6) is 0.738. The van der Waals surface area contributed by atoms with Crippen LogP contribution in [-0.4, -0.2) is 30.5 Å². The van der Waals surface area contributed by atoms with Crippen molar-refractivity contribution in [3.05, 3.63) is 46.7 Å². The summed E-state index contributed by atoms with van der Waals surface area (Å²) in [7, 11) is 1.81. The molecule has 1 N–H and O–H groups in total. The van der Waals surface area contributed by atoms with Gasteiger partial charge in [0.25, 0.3) is 5.91 Å². The van der Waals surface area contributed by atoms with Crippen molar-refractivity contribution in [3.8, 4) is 5.75 Å². The number of carbonyl (C=O) groups excluding carboxylic acids is 1. The third-order valence-corrected chi connectivity index (χ3v) is 4.12. The monoisotopic (exact) mass is 288 g/mol. The van der Waals surface area contributed by atoms with Gasteiger partial charge in [-0.3, -0.25) is 4.79 Å². The Morgan fingerprint density at radius 2 is 2.25 bits per heavy atom. The van der Waals surface area contributed by atoms with Gasteiger partial charge in [-0.2, -0.15) is 0 Å². The van der Waals surface area contributed by atoms with Crippen LogP contribution in [0.4, 0.5) is 5.69 Å². The van der Waals surface area contributed by atoms with Crippen LogP contribution in [0.2, 0.25) is 0 Å². The lowest BCUT2D eigenvalue weighted by Crippen LogP contribution is -2.45. The molecule has 4 nitrogen and oxygen atoms in total. The maximum absolute atomic E-state index is 12.4. The molecular formula is C15H16N2O2S. The van der Waals surface area contributed by atoms with Gasteiger partial charge in [-0.05, 0) is 23.6 Å². The molecule has 1 aromatic carbocycles. The molecule has 0 saturated carbocycles. The Hall–Kier alpha value is -2.01. The predicted octanol–water partition coefficient (Wildman–Crippen LogP) is 2.58. The quantitative estimate of drug-likeness (QED) is 0.944. The second-order valence-corrected chi connectivity index (χ2v) is 5.79. The fourth-order valence-electron chi connectivity index (χ4n) is 2.21. The van der Waals surface area contributed by atoms with Gasteiger partial charge in [0.05, 0.1) is 18.8 Å². The number of nitrogens with zero attached hydrogens (tertiary/aromatic N) is 1. The number of para-hydroxylation sites is 2. The first-order chi connectivity index (χ1) is 9.74. The van der Waals surface area contributed by atoms with Gasteiger partial charge in [0.1, 0.15) is 5.75 Å². The summed E-state index contributed by atoms with van der Waals surface area (Å²) in [4.78, 5) is 15.3. The molecule has 0 aliphatic carbocycles. The molecule has 1 aliphatic rings. The Balaban J connectivity index is 1.66. The van der Waals surface area contributed by atoms with Crippen molar-refractivity contribution in [1.82, 2.24) is 4.90 Å². The van der Waals surface area contributed by atoms with Gasteiger partial charge < -0.3 is 15.0 Å². The molecule has 1 aromatic heterocycles. The molecule has 1 amide bonds. The topological polar surface area (TPSA) is 41.6 Å². The standard InChI is InChI=1S/C15H16N2O2S/c1-17(10-11-5-4-8-20-11)15(18)14-9-16-12-6-2-3-7-13(12)19-14/h2-8,14,16H,9-10H2,1H3. The van der Waals surface area contributed by atoms with Crippen LogP contribution in [0, 0.1) is 0 Å². The molecule has 0 spiro atoms. The first kappa shape index (κ1) is 13.0. The van der Waals surface area contributed by atoms with Gasteiger partial charge in [0.15, 0.2) is 6.10 Å². The van der Waals surface area contributed by atoms with E-state index in [4.69, 9.17) is 4.74 Å². The lowest BCUT2D eigenvalue weighted by Gasteiger charge is -2.29. The number of amides is 1. The molecule has 104 valence electrons. The predicted molar refractivity (Wildman–Crippen MR) is 80.1 cm³/mol. The lowest BCUT2D eigenvalue weighted by molar-refractivity contribution is -0.137. The summed E-state index contributed by atoms with van der Waals surface area (Å²) < 4.78 is 5.78. The van der Waals surface area contributed by atoms with Crippen LogP contribution >= 0.6 is 11.3 Å².